The van der Waals surface area contributed by atoms with Crippen molar-refractivity contribution in [3.05, 3.63) is 0 Å². The van der Waals surface area contributed by atoms with Crippen LogP contribution in [0.2, 0.25) is 0 Å². The number of likely N-dealkylation sites (tertiary alicyclic amines) is 1. The molecule has 0 spiro atoms. The Labute approximate surface area is 128 Å². The Hall–Kier alpha value is -0.810. The predicted molar refractivity (Wildman–Crippen MR) is 83.0 cm³/mol. The summed E-state index contributed by atoms with van der Waals surface area (Å²) in [6, 6.07) is 0.384. The predicted octanol–water partition coefficient (Wildman–Crippen LogP) is 1.17. The topological polar surface area (TPSA) is 61.4 Å². The van der Waals surface area contributed by atoms with Crippen LogP contribution < -0.4 is 10.6 Å². The van der Waals surface area contributed by atoms with Gasteiger partial charge in [-0.05, 0) is 32.2 Å². The molecule has 1 unspecified atom stereocenters. The highest BCUT2D eigenvalue weighted by molar-refractivity contribution is 5.85. The first kappa shape index (κ1) is 19.2. The largest absolute Gasteiger partial charge is 0.347 e. The second-order valence-electron chi connectivity index (χ2n) is 5.68. The minimum absolute atomic E-state index is 0. The van der Waals surface area contributed by atoms with Crippen LogP contribution in [-0.2, 0) is 9.59 Å². The van der Waals surface area contributed by atoms with E-state index in [9.17, 15) is 9.59 Å². The van der Waals surface area contributed by atoms with Crippen LogP contribution in [0.15, 0.2) is 0 Å². The Morgan fingerprint density at radius 3 is 2.65 bits per heavy atom. The zero-order chi connectivity index (χ0) is 14.3. The second kappa shape index (κ2) is 10.00. The summed E-state index contributed by atoms with van der Waals surface area (Å²) in [4.78, 5) is 25.4. The molecule has 5 nitrogen and oxygen atoms in total. The average Bonchev–Trinajstić information content (AvgIpc) is 2.42. The van der Waals surface area contributed by atoms with Crippen molar-refractivity contribution in [1.82, 2.24) is 15.5 Å². The number of rotatable bonds is 6. The van der Waals surface area contributed by atoms with E-state index in [4.69, 9.17) is 0 Å². The highest BCUT2D eigenvalue weighted by Crippen LogP contribution is 2.09. The van der Waals surface area contributed by atoms with Crippen LogP contribution in [0.3, 0.4) is 0 Å². The highest BCUT2D eigenvalue weighted by Gasteiger charge is 2.22. The van der Waals surface area contributed by atoms with E-state index in [1.165, 1.54) is 0 Å². The lowest BCUT2D eigenvalue weighted by Gasteiger charge is -2.32. The SMILES string of the molecule is CNC1CCCN(C(=O)CNC(=O)CCC(C)C)C1.Cl. The Morgan fingerprint density at radius 2 is 2.05 bits per heavy atom. The number of likely N-dealkylation sites (N-methyl/N-ethyl adjacent to an activating group) is 1. The first-order valence-corrected chi connectivity index (χ1v) is 7.24. The smallest absolute Gasteiger partial charge is 0.242 e. The lowest BCUT2D eigenvalue weighted by Crippen LogP contribution is -2.49. The Bertz CT molecular complexity index is 311. The van der Waals surface area contributed by atoms with Crippen molar-refractivity contribution in [2.75, 3.05) is 26.7 Å². The van der Waals surface area contributed by atoms with Gasteiger partial charge in [-0.1, -0.05) is 13.8 Å². The lowest BCUT2D eigenvalue weighted by molar-refractivity contribution is -0.134. The van der Waals surface area contributed by atoms with E-state index in [2.05, 4.69) is 24.5 Å². The van der Waals surface area contributed by atoms with Gasteiger partial charge in [0.05, 0.1) is 6.54 Å². The number of carbonyl (C=O) groups is 2. The first-order valence-electron chi connectivity index (χ1n) is 7.24. The van der Waals surface area contributed by atoms with Crippen molar-refractivity contribution in [1.29, 1.82) is 0 Å². The summed E-state index contributed by atoms with van der Waals surface area (Å²) in [6.45, 7) is 5.86. The van der Waals surface area contributed by atoms with Crippen LogP contribution in [0.1, 0.15) is 39.5 Å². The van der Waals surface area contributed by atoms with Gasteiger partial charge in [0.2, 0.25) is 11.8 Å². The molecule has 1 saturated heterocycles. The molecule has 1 heterocycles. The van der Waals surface area contributed by atoms with Gasteiger partial charge in [0.15, 0.2) is 0 Å². The Morgan fingerprint density at radius 1 is 1.35 bits per heavy atom. The minimum atomic E-state index is -0.0239. The summed E-state index contributed by atoms with van der Waals surface area (Å²) in [5.41, 5.74) is 0. The van der Waals surface area contributed by atoms with E-state index in [0.29, 0.717) is 18.4 Å². The van der Waals surface area contributed by atoms with Crippen LogP contribution in [0.5, 0.6) is 0 Å². The quantitative estimate of drug-likeness (QED) is 0.774. The standard InChI is InChI=1S/C14H27N3O2.ClH/c1-11(2)6-7-13(18)16-9-14(19)17-8-4-5-12(10-17)15-3;/h11-12,15H,4-10H2,1-3H3,(H,16,18);1H. The number of hydrogen-bond donors (Lipinski definition) is 2. The van der Waals surface area contributed by atoms with Gasteiger partial charge in [-0.15, -0.1) is 12.4 Å². The van der Waals surface area contributed by atoms with Gasteiger partial charge in [0.1, 0.15) is 0 Å². The molecule has 1 rings (SSSR count). The number of carbonyl (C=O) groups excluding carboxylic acids is 2. The summed E-state index contributed by atoms with van der Waals surface area (Å²) in [6.07, 6.45) is 3.51. The van der Waals surface area contributed by atoms with Crippen LogP contribution in [-0.4, -0.2) is 49.4 Å². The fraction of sp³-hybridized carbons (Fsp3) is 0.857. The van der Waals surface area contributed by atoms with Crippen molar-refractivity contribution in [2.45, 2.75) is 45.6 Å². The van der Waals surface area contributed by atoms with Gasteiger partial charge in [0.25, 0.3) is 0 Å². The van der Waals surface area contributed by atoms with Crippen LogP contribution in [0.25, 0.3) is 0 Å². The zero-order valence-corrected chi connectivity index (χ0v) is 13.6. The summed E-state index contributed by atoms with van der Waals surface area (Å²) in [5.74, 6) is 0.516. The number of amides is 2. The molecule has 1 aliphatic rings. The monoisotopic (exact) mass is 305 g/mol. The molecule has 1 fully saturated rings. The third kappa shape index (κ3) is 7.10. The van der Waals surface area contributed by atoms with Crippen molar-refractivity contribution in [2.24, 2.45) is 5.92 Å². The number of piperidine rings is 1. The summed E-state index contributed by atoms with van der Waals surface area (Å²) >= 11 is 0. The molecule has 0 bridgehead atoms. The normalized spacial score (nSPS) is 18.6. The Balaban J connectivity index is 0.00000361. The molecule has 0 radical (unpaired) electrons. The van der Waals surface area contributed by atoms with Crippen LogP contribution in [0, 0.1) is 5.92 Å². The molecule has 6 heteroatoms. The fourth-order valence-corrected chi connectivity index (χ4v) is 2.23. The summed E-state index contributed by atoms with van der Waals surface area (Å²) < 4.78 is 0. The van der Waals surface area contributed by atoms with Crippen LogP contribution in [0.4, 0.5) is 0 Å². The van der Waals surface area contributed by atoms with E-state index in [1.807, 2.05) is 11.9 Å². The van der Waals surface area contributed by atoms with E-state index in [-0.39, 0.29) is 30.8 Å². The maximum absolute atomic E-state index is 12.0. The van der Waals surface area contributed by atoms with E-state index >= 15 is 0 Å². The molecule has 2 N–H and O–H groups in total. The molecular weight excluding hydrogens is 278 g/mol. The second-order valence-corrected chi connectivity index (χ2v) is 5.68. The van der Waals surface area contributed by atoms with Crippen molar-refractivity contribution >= 4 is 24.2 Å². The van der Waals surface area contributed by atoms with Gasteiger partial charge >= 0.3 is 0 Å². The van der Waals surface area contributed by atoms with Gasteiger partial charge in [0, 0.05) is 25.6 Å². The molecule has 2 amide bonds. The molecule has 0 saturated carbocycles. The maximum atomic E-state index is 12.0. The maximum Gasteiger partial charge on any atom is 0.242 e. The van der Waals surface area contributed by atoms with E-state index in [1.54, 1.807) is 0 Å². The molecule has 0 aromatic heterocycles. The molecule has 0 aromatic rings. The third-order valence-corrected chi connectivity index (χ3v) is 3.57. The van der Waals surface area contributed by atoms with Gasteiger partial charge < -0.3 is 15.5 Å². The van der Waals surface area contributed by atoms with Gasteiger partial charge in [-0.3, -0.25) is 9.59 Å². The number of nitrogens with one attached hydrogen (secondary N) is 2. The van der Waals surface area contributed by atoms with Gasteiger partial charge in [-0.2, -0.15) is 0 Å². The lowest BCUT2D eigenvalue weighted by atomic mass is 10.1. The number of nitrogens with zero attached hydrogens (tertiary/aromatic N) is 1. The summed E-state index contributed by atoms with van der Waals surface area (Å²) in [5, 5.41) is 5.92. The van der Waals surface area contributed by atoms with E-state index < -0.39 is 0 Å². The van der Waals surface area contributed by atoms with Gasteiger partial charge in [-0.25, -0.2) is 0 Å². The fourth-order valence-electron chi connectivity index (χ4n) is 2.23. The third-order valence-electron chi connectivity index (χ3n) is 3.57. The molecule has 0 aromatic carbocycles. The molecule has 1 atom stereocenters. The number of hydrogen-bond acceptors (Lipinski definition) is 3. The van der Waals surface area contributed by atoms with Crippen molar-refractivity contribution in [3.8, 4) is 0 Å². The highest BCUT2D eigenvalue weighted by atomic mass is 35.5. The molecule has 0 aliphatic carbocycles. The number of halogens is 1. The summed E-state index contributed by atoms with van der Waals surface area (Å²) in [7, 11) is 1.92. The molecule has 20 heavy (non-hydrogen) atoms. The Kier molecular flexibility index (Phi) is 9.59. The average molecular weight is 306 g/mol. The molecular formula is C14H28ClN3O2. The minimum Gasteiger partial charge on any atom is -0.347 e. The van der Waals surface area contributed by atoms with Crippen molar-refractivity contribution in [3.63, 3.8) is 0 Å². The van der Waals surface area contributed by atoms with Crippen LogP contribution >= 0.6 is 12.4 Å². The first-order chi connectivity index (χ1) is 9.02. The van der Waals surface area contributed by atoms with E-state index in [0.717, 1.165) is 32.4 Å². The molecule has 1 aliphatic heterocycles. The molecule has 118 valence electrons. The zero-order valence-electron chi connectivity index (χ0n) is 12.8. The van der Waals surface area contributed by atoms with Crippen molar-refractivity contribution < 1.29 is 9.59 Å².